The molecule has 0 spiro atoms. The van der Waals surface area contributed by atoms with Gasteiger partial charge in [-0.25, -0.2) is 4.79 Å². The van der Waals surface area contributed by atoms with E-state index >= 15 is 0 Å². The lowest BCUT2D eigenvalue weighted by Crippen LogP contribution is -2.60. The van der Waals surface area contributed by atoms with Crippen LogP contribution in [0.2, 0.25) is 0 Å². The fourth-order valence-electron chi connectivity index (χ4n) is 5.32. The van der Waals surface area contributed by atoms with Gasteiger partial charge in [0.2, 0.25) is 0 Å². The van der Waals surface area contributed by atoms with Crippen molar-refractivity contribution in [1.29, 1.82) is 0 Å². The zero-order chi connectivity index (χ0) is 16.6. The van der Waals surface area contributed by atoms with E-state index in [9.17, 15) is 9.59 Å². The van der Waals surface area contributed by atoms with Crippen LogP contribution in [-0.4, -0.2) is 24.0 Å². The molecule has 4 aliphatic rings. The van der Waals surface area contributed by atoms with E-state index in [2.05, 4.69) is 5.32 Å². The van der Waals surface area contributed by atoms with E-state index in [-0.39, 0.29) is 18.1 Å². The van der Waals surface area contributed by atoms with Crippen LogP contribution >= 0.6 is 0 Å². The highest BCUT2D eigenvalue weighted by atomic mass is 16.5. The monoisotopic (exact) mass is 329 g/mol. The van der Waals surface area contributed by atoms with Crippen molar-refractivity contribution in [3.8, 4) is 0 Å². The number of ether oxygens (including phenoxy) is 1. The second kappa shape index (κ2) is 6.11. The molecule has 1 aromatic heterocycles. The normalized spacial score (nSPS) is 33.8. The lowest BCUT2D eigenvalue weighted by Gasteiger charge is -2.56. The number of carbonyl (C=O) groups is 2. The number of carbonyl (C=O) groups excluding carboxylic acids is 2. The third-order valence-electron chi connectivity index (χ3n) is 5.72. The Balaban J connectivity index is 1.27. The zero-order valence-electron chi connectivity index (χ0n) is 13.7. The molecule has 5 nitrogen and oxygen atoms in total. The summed E-state index contributed by atoms with van der Waals surface area (Å²) in [5.41, 5.74) is -0.0394. The number of amides is 1. The van der Waals surface area contributed by atoms with Crippen molar-refractivity contribution in [2.24, 2.45) is 17.8 Å². The molecular weight excluding hydrogens is 306 g/mol. The minimum atomic E-state index is -0.535. The summed E-state index contributed by atoms with van der Waals surface area (Å²) in [6, 6.07) is 3.48. The number of hydrogen-bond donors (Lipinski definition) is 1. The molecule has 24 heavy (non-hydrogen) atoms. The molecule has 5 heteroatoms. The molecule has 1 amide bonds. The van der Waals surface area contributed by atoms with Crippen LogP contribution in [0.25, 0.3) is 6.08 Å². The fourth-order valence-corrected chi connectivity index (χ4v) is 5.32. The number of hydrogen-bond acceptors (Lipinski definition) is 4. The quantitative estimate of drug-likeness (QED) is 0.666. The van der Waals surface area contributed by atoms with Crippen LogP contribution in [0.5, 0.6) is 0 Å². The predicted octanol–water partition coefficient (Wildman–Crippen LogP) is 2.92. The molecule has 0 unspecified atom stereocenters. The summed E-state index contributed by atoms with van der Waals surface area (Å²) in [5, 5.41) is 3.19. The molecule has 4 saturated carbocycles. The van der Waals surface area contributed by atoms with Gasteiger partial charge in [0.15, 0.2) is 6.61 Å². The summed E-state index contributed by atoms with van der Waals surface area (Å²) in [6.07, 6.45) is 11.6. The van der Waals surface area contributed by atoms with Gasteiger partial charge in [0.05, 0.1) is 6.26 Å². The number of nitrogens with one attached hydrogen (secondary N) is 1. The Kier molecular flexibility index (Phi) is 3.94. The molecule has 1 heterocycles. The SMILES string of the molecule is O=C(COC(=O)/C=C/c1ccco1)NC12CC3CC(CC(C3)C1)C2. The summed E-state index contributed by atoms with van der Waals surface area (Å²) >= 11 is 0. The Morgan fingerprint density at radius 2 is 1.88 bits per heavy atom. The maximum Gasteiger partial charge on any atom is 0.331 e. The third-order valence-corrected chi connectivity index (χ3v) is 5.72. The summed E-state index contributed by atoms with van der Waals surface area (Å²) in [5.74, 6) is 2.18. The van der Waals surface area contributed by atoms with Gasteiger partial charge in [0.1, 0.15) is 5.76 Å². The van der Waals surface area contributed by atoms with E-state index in [0.29, 0.717) is 5.76 Å². The average molecular weight is 329 g/mol. The van der Waals surface area contributed by atoms with Crippen molar-refractivity contribution >= 4 is 18.0 Å². The van der Waals surface area contributed by atoms with Crippen LogP contribution in [-0.2, 0) is 14.3 Å². The largest absolute Gasteiger partial charge is 0.465 e. The zero-order valence-corrected chi connectivity index (χ0v) is 13.7. The number of furan rings is 1. The fraction of sp³-hybridized carbons (Fsp3) is 0.579. The molecule has 4 bridgehead atoms. The van der Waals surface area contributed by atoms with Crippen LogP contribution in [0, 0.1) is 17.8 Å². The van der Waals surface area contributed by atoms with Crippen LogP contribution in [0.3, 0.4) is 0 Å². The highest BCUT2D eigenvalue weighted by Crippen LogP contribution is 2.55. The molecule has 4 fully saturated rings. The summed E-state index contributed by atoms with van der Waals surface area (Å²) in [6.45, 7) is -0.219. The Labute approximate surface area is 141 Å². The summed E-state index contributed by atoms with van der Waals surface area (Å²) in [7, 11) is 0. The Bertz CT molecular complexity index is 611. The van der Waals surface area contributed by atoms with Crippen molar-refractivity contribution in [3.05, 3.63) is 30.2 Å². The van der Waals surface area contributed by atoms with Crippen LogP contribution in [0.15, 0.2) is 28.9 Å². The first-order valence-corrected chi connectivity index (χ1v) is 8.80. The van der Waals surface area contributed by atoms with E-state index in [0.717, 1.165) is 37.0 Å². The second-order valence-electron chi connectivity index (χ2n) is 7.70. The molecule has 0 aromatic carbocycles. The van der Waals surface area contributed by atoms with Crippen LogP contribution in [0.1, 0.15) is 44.3 Å². The Morgan fingerprint density at radius 1 is 1.21 bits per heavy atom. The maximum absolute atomic E-state index is 12.2. The lowest BCUT2D eigenvalue weighted by atomic mass is 9.53. The van der Waals surface area contributed by atoms with Crippen molar-refractivity contribution in [1.82, 2.24) is 5.32 Å². The van der Waals surface area contributed by atoms with Gasteiger partial charge in [0, 0.05) is 11.6 Å². The Hall–Kier alpha value is -2.04. The van der Waals surface area contributed by atoms with Crippen molar-refractivity contribution < 1.29 is 18.7 Å². The van der Waals surface area contributed by atoms with Gasteiger partial charge in [-0.1, -0.05) is 0 Å². The summed E-state index contributed by atoms with van der Waals surface area (Å²) in [4.78, 5) is 23.9. The van der Waals surface area contributed by atoms with E-state index in [1.165, 1.54) is 37.7 Å². The molecule has 0 saturated heterocycles. The molecule has 5 rings (SSSR count). The van der Waals surface area contributed by atoms with E-state index < -0.39 is 5.97 Å². The van der Waals surface area contributed by atoms with Gasteiger partial charge < -0.3 is 14.5 Å². The molecule has 4 aliphatic carbocycles. The molecule has 128 valence electrons. The molecule has 0 radical (unpaired) electrons. The highest BCUT2D eigenvalue weighted by Gasteiger charge is 2.51. The van der Waals surface area contributed by atoms with Crippen LogP contribution in [0.4, 0.5) is 0 Å². The van der Waals surface area contributed by atoms with Gasteiger partial charge in [-0.15, -0.1) is 0 Å². The first-order chi connectivity index (χ1) is 11.6. The minimum absolute atomic E-state index is 0.0394. The topological polar surface area (TPSA) is 68.5 Å². The lowest BCUT2D eigenvalue weighted by molar-refractivity contribution is -0.145. The standard InChI is InChI=1S/C19H23NO4/c21-17(12-24-18(22)4-3-16-2-1-5-23-16)20-19-9-13-6-14(10-19)8-15(7-13)11-19/h1-5,13-15H,6-12H2,(H,20,21)/b4-3+. The van der Waals surface area contributed by atoms with Crippen molar-refractivity contribution in [2.45, 2.75) is 44.1 Å². The summed E-state index contributed by atoms with van der Waals surface area (Å²) < 4.78 is 10.1. The Morgan fingerprint density at radius 3 is 2.46 bits per heavy atom. The van der Waals surface area contributed by atoms with Gasteiger partial charge in [-0.05, 0) is 74.5 Å². The van der Waals surface area contributed by atoms with Gasteiger partial charge in [0.25, 0.3) is 5.91 Å². The maximum atomic E-state index is 12.2. The van der Waals surface area contributed by atoms with Gasteiger partial charge in [-0.2, -0.15) is 0 Å². The third kappa shape index (κ3) is 3.25. The molecular formula is C19H23NO4. The van der Waals surface area contributed by atoms with Crippen LogP contribution < -0.4 is 5.32 Å². The molecule has 1 aromatic rings. The van der Waals surface area contributed by atoms with Gasteiger partial charge >= 0.3 is 5.97 Å². The molecule has 0 atom stereocenters. The van der Waals surface area contributed by atoms with Crippen molar-refractivity contribution in [3.63, 3.8) is 0 Å². The van der Waals surface area contributed by atoms with Gasteiger partial charge in [-0.3, -0.25) is 4.79 Å². The first kappa shape index (κ1) is 15.5. The predicted molar refractivity (Wildman–Crippen MR) is 87.7 cm³/mol. The minimum Gasteiger partial charge on any atom is -0.465 e. The molecule has 1 N–H and O–H groups in total. The van der Waals surface area contributed by atoms with E-state index in [1.54, 1.807) is 12.1 Å². The number of rotatable bonds is 5. The smallest absolute Gasteiger partial charge is 0.331 e. The first-order valence-electron chi connectivity index (χ1n) is 8.80. The number of esters is 1. The second-order valence-corrected chi connectivity index (χ2v) is 7.70. The molecule has 0 aliphatic heterocycles. The average Bonchev–Trinajstić information content (AvgIpc) is 3.02. The van der Waals surface area contributed by atoms with Crippen molar-refractivity contribution in [2.75, 3.05) is 6.61 Å². The van der Waals surface area contributed by atoms with E-state index in [4.69, 9.17) is 9.15 Å². The highest BCUT2D eigenvalue weighted by molar-refractivity contribution is 5.89. The van der Waals surface area contributed by atoms with E-state index in [1.807, 2.05) is 0 Å².